The Morgan fingerprint density at radius 1 is 1.07 bits per heavy atom. The van der Waals surface area contributed by atoms with Crippen LogP contribution in [0.1, 0.15) is 23.7 Å². The molecule has 2 aromatic rings. The summed E-state index contributed by atoms with van der Waals surface area (Å²) in [6, 6.07) is 16.5. The fourth-order valence-electron chi connectivity index (χ4n) is 2.94. The van der Waals surface area contributed by atoms with Crippen LogP contribution in [0.5, 0.6) is 11.5 Å². The van der Waals surface area contributed by atoms with E-state index in [4.69, 9.17) is 9.47 Å². The minimum absolute atomic E-state index is 0.0201. The molecule has 1 aliphatic heterocycles. The van der Waals surface area contributed by atoms with E-state index in [1.54, 1.807) is 17.0 Å². The molecule has 1 unspecified atom stereocenters. The zero-order chi connectivity index (χ0) is 19.1. The average Bonchev–Trinajstić information content (AvgIpc) is 2.72. The monoisotopic (exact) mass is 368 g/mol. The Morgan fingerprint density at radius 3 is 2.52 bits per heavy atom. The lowest BCUT2D eigenvalue weighted by Crippen LogP contribution is -2.44. The molecule has 0 bridgehead atoms. The van der Waals surface area contributed by atoms with Crippen molar-refractivity contribution in [1.29, 1.82) is 0 Å². The number of rotatable bonds is 7. The van der Waals surface area contributed by atoms with Crippen molar-refractivity contribution < 1.29 is 19.1 Å². The zero-order valence-electron chi connectivity index (χ0n) is 15.4. The number of fused-ring (bicyclic) bond motifs is 1. The van der Waals surface area contributed by atoms with Crippen LogP contribution in [0.3, 0.4) is 0 Å². The first-order valence-corrected chi connectivity index (χ1v) is 9.17. The molecule has 0 radical (unpaired) electrons. The van der Waals surface area contributed by atoms with Crippen molar-refractivity contribution >= 4 is 11.8 Å². The van der Waals surface area contributed by atoms with Crippen molar-refractivity contribution in [2.75, 3.05) is 26.2 Å². The fraction of sp³-hybridized carbons (Fsp3) is 0.333. The van der Waals surface area contributed by atoms with Crippen LogP contribution in [0.25, 0.3) is 0 Å². The second kappa shape index (κ2) is 9.07. The quantitative estimate of drug-likeness (QED) is 0.815. The van der Waals surface area contributed by atoms with Crippen LogP contribution in [0.2, 0.25) is 0 Å². The van der Waals surface area contributed by atoms with Crippen LogP contribution < -0.4 is 14.8 Å². The highest BCUT2D eigenvalue weighted by Gasteiger charge is 2.24. The second-order valence-corrected chi connectivity index (χ2v) is 6.30. The van der Waals surface area contributed by atoms with Crippen molar-refractivity contribution in [2.24, 2.45) is 0 Å². The van der Waals surface area contributed by atoms with Gasteiger partial charge in [-0.05, 0) is 31.2 Å². The van der Waals surface area contributed by atoms with E-state index in [1.807, 2.05) is 49.4 Å². The second-order valence-electron chi connectivity index (χ2n) is 6.30. The van der Waals surface area contributed by atoms with Gasteiger partial charge in [-0.1, -0.05) is 30.3 Å². The lowest BCUT2D eigenvalue weighted by molar-refractivity contribution is -0.132. The number of carbonyl (C=O) groups is 2. The van der Waals surface area contributed by atoms with Gasteiger partial charge in [0.25, 0.3) is 5.91 Å². The van der Waals surface area contributed by atoms with Crippen LogP contribution >= 0.6 is 0 Å². The lowest BCUT2D eigenvalue weighted by Gasteiger charge is -2.31. The average molecular weight is 368 g/mol. The molecule has 0 saturated carbocycles. The van der Waals surface area contributed by atoms with Gasteiger partial charge < -0.3 is 19.7 Å². The molecular weight excluding hydrogens is 344 g/mol. The van der Waals surface area contributed by atoms with E-state index in [9.17, 15) is 9.59 Å². The Labute approximate surface area is 159 Å². The molecule has 0 spiro atoms. The van der Waals surface area contributed by atoms with Gasteiger partial charge in [0.15, 0.2) is 17.6 Å². The molecule has 142 valence electrons. The maximum atomic E-state index is 12.5. The Bertz CT molecular complexity index is 779. The van der Waals surface area contributed by atoms with E-state index in [2.05, 4.69) is 5.32 Å². The summed E-state index contributed by atoms with van der Waals surface area (Å²) in [6.07, 6.45) is 0.0408. The summed E-state index contributed by atoms with van der Waals surface area (Å²) >= 11 is 0. The van der Waals surface area contributed by atoms with E-state index in [0.717, 1.165) is 5.75 Å². The highest BCUT2D eigenvalue weighted by Crippen LogP contribution is 2.31. The highest BCUT2D eigenvalue weighted by molar-refractivity contribution is 5.94. The Kier molecular flexibility index (Phi) is 6.30. The number of para-hydroxylation sites is 2. The molecule has 1 atom stereocenters. The molecule has 0 fully saturated rings. The molecule has 27 heavy (non-hydrogen) atoms. The molecule has 0 aromatic heterocycles. The van der Waals surface area contributed by atoms with Crippen LogP contribution in [0.15, 0.2) is 54.6 Å². The van der Waals surface area contributed by atoms with Crippen LogP contribution in [-0.2, 0) is 4.79 Å². The molecule has 0 saturated heterocycles. The predicted octanol–water partition coefficient (Wildman–Crippen LogP) is 2.50. The standard InChI is InChI=1S/C21H24N2O4/c1-2-23(14-17-15-26-18-10-6-7-11-19(18)27-17)20(24)12-13-22-21(25)16-8-4-3-5-9-16/h3-11,17H,2,12-15H2,1H3,(H,22,25). The third kappa shape index (κ3) is 5.00. The van der Waals surface area contributed by atoms with E-state index in [0.29, 0.717) is 37.6 Å². The van der Waals surface area contributed by atoms with E-state index in [1.165, 1.54) is 0 Å². The molecule has 1 aliphatic rings. The van der Waals surface area contributed by atoms with Crippen molar-refractivity contribution in [3.05, 3.63) is 60.2 Å². The first-order chi connectivity index (χ1) is 13.2. The third-order valence-corrected chi connectivity index (χ3v) is 4.39. The summed E-state index contributed by atoms with van der Waals surface area (Å²) in [4.78, 5) is 26.2. The Balaban J connectivity index is 1.46. The molecule has 6 nitrogen and oxygen atoms in total. The van der Waals surface area contributed by atoms with Gasteiger partial charge in [0, 0.05) is 25.1 Å². The summed E-state index contributed by atoms with van der Waals surface area (Å²) in [5, 5.41) is 2.78. The van der Waals surface area contributed by atoms with Gasteiger partial charge in [0.2, 0.25) is 5.91 Å². The van der Waals surface area contributed by atoms with Gasteiger partial charge in [-0.25, -0.2) is 0 Å². The first kappa shape index (κ1) is 18.8. The van der Waals surface area contributed by atoms with Gasteiger partial charge >= 0.3 is 0 Å². The summed E-state index contributed by atoms with van der Waals surface area (Å²) in [5.41, 5.74) is 0.587. The van der Waals surface area contributed by atoms with Crippen molar-refractivity contribution in [1.82, 2.24) is 10.2 Å². The van der Waals surface area contributed by atoms with E-state index >= 15 is 0 Å². The molecule has 6 heteroatoms. The summed E-state index contributed by atoms with van der Waals surface area (Å²) in [7, 11) is 0. The van der Waals surface area contributed by atoms with Crippen molar-refractivity contribution in [3.8, 4) is 11.5 Å². The maximum absolute atomic E-state index is 12.5. The predicted molar refractivity (Wildman–Crippen MR) is 102 cm³/mol. The zero-order valence-corrected chi connectivity index (χ0v) is 15.4. The highest BCUT2D eigenvalue weighted by atomic mass is 16.6. The number of nitrogens with zero attached hydrogens (tertiary/aromatic N) is 1. The minimum Gasteiger partial charge on any atom is -0.486 e. The number of nitrogens with one attached hydrogen (secondary N) is 1. The summed E-state index contributed by atoms with van der Waals surface area (Å²) in [5.74, 6) is 1.24. The van der Waals surface area contributed by atoms with E-state index < -0.39 is 0 Å². The molecule has 1 heterocycles. The van der Waals surface area contributed by atoms with Crippen LogP contribution in [0, 0.1) is 0 Å². The molecule has 0 aliphatic carbocycles. The van der Waals surface area contributed by atoms with Crippen molar-refractivity contribution in [3.63, 3.8) is 0 Å². The number of benzene rings is 2. The molecule has 3 rings (SSSR count). The topological polar surface area (TPSA) is 67.9 Å². The Morgan fingerprint density at radius 2 is 1.78 bits per heavy atom. The van der Waals surface area contributed by atoms with Gasteiger partial charge in [-0.2, -0.15) is 0 Å². The van der Waals surface area contributed by atoms with Crippen LogP contribution in [0.4, 0.5) is 0 Å². The number of amides is 2. The van der Waals surface area contributed by atoms with Gasteiger partial charge in [0.1, 0.15) is 6.61 Å². The number of carbonyl (C=O) groups excluding carboxylic acids is 2. The molecule has 2 aromatic carbocycles. The van der Waals surface area contributed by atoms with Crippen LogP contribution in [-0.4, -0.2) is 49.1 Å². The third-order valence-electron chi connectivity index (χ3n) is 4.39. The lowest BCUT2D eigenvalue weighted by atomic mass is 10.2. The van der Waals surface area contributed by atoms with Gasteiger partial charge in [0.05, 0.1) is 6.54 Å². The first-order valence-electron chi connectivity index (χ1n) is 9.17. The molecule has 1 N–H and O–H groups in total. The Hall–Kier alpha value is -3.02. The van der Waals surface area contributed by atoms with Gasteiger partial charge in [-0.3, -0.25) is 9.59 Å². The molecular formula is C21H24N2O4. The van der Waals surface area contributed by atoms with Gasteiger partial charge in [-0.15, -0.1) is 0 Å². The normalized spacial score (nSPS) is 15.1. The number of ether oxygens (including phenoxy) is 2. The molecule has 2 amide bonds. The number of likely N-dealkylation sites (N-methyl/N-ethyl adjacent to an activating group) is 1. The largest absolute Gasteiger partial charge is 0.486 e. The van der Waals surface area contributed by atoms with Crippen molar-refractivity contribution in [2.45, 2.75) is 19.4 Å². The minimum atomic E-state index is -0.206. The number of hydrogen-bond acceptors (Lipinski definition) is 4. The summed E-state index contributed by atoms with van der Waals surface area (Å²) < 4.78 is 11.6. The maximum Gasteiger partial charge on any atom is 0.251 e. The summed E-state index contributed by atoms with van der Waals surface area (Å²) in [6.45, 7) is 3.67. The SMILES string of the molecule is CCN(CC1COc2ccccc2O1)C(=O)CCNC(=O)c1ccccc1. The smallest absolute Gasteiger partial charge is 0.251 e. The fourth-order valence-corrected chi connectivity index (χ4v) is 2.94. The number of hydrogen-bond donors (Lipinski definition) is 1. The van der Waals surface area contributed by atoms with E-state index in [-0.39, 0.29) is 24.3 Å².